The second kappa shape index (κ2) is 7.08. The largest absolute Gasteiger partial charge is 0.481 e. The number of carboxylic acid groups (broad SMARTS) is 1. The van der Waals surface area contributed by atoms with E-state index in [4.69, 9.17) is 10.2 Å². The Kier molecular flexibility index (Phi) is 6.39. The summed E-state index contributed by atoms with van der Waals surface area (Å²) in [6.45, 7) is 1.99. The molecule has 1 unspecified atom stereocenters. The molecule has 2 N–H and O–H groups in total. The molecule has 0 bridgehead atoms. The Bertz CT molecular complexity index is 221. The van der Waals surface area contributed by atoms with Crippen molar-refractivity contribution in [3.8, 4) is 0 Å². The minimum Gasteiger partial charge on any atom is -0.481 e. The van der Waals surface area contributed by atoms with Crippen molar-refractivity contribution < 1.29 is 24.5 Å². The van der Waals surface area contributed by atoms with Gasteiger partial charge in [-0.05, 0) is 6.42 Å². The Hall–Kier alpha value is -1.36. The van der Waals surface area contributed by atoms with Gasteiger partial charge in [0.2, 0.25) is 0 Å². The maximum Gasteiger partial charge on any atom is 0.335 e. The van der Waals surface area contributed by atoms with Crippen LogP contribution in [0.3, 0.4) is 0 Å². The molecule has 0 aliphatic heterocycles. The van der Waals surface area contributed by atoms with Crippen molar-refractivity contribution in [2.75, 3.05) is 6.61 Å². The van der Waals surface area contributed by atoms with E-state index in [1.54, 1.807) is 12.2 Å². The van der Waals surface area contributed by atoms with Crippen LogP contribution in [0.5, 0.6) is 0 Å². The number of aliphatic hydroxyl groups excluding tert-OH is 1. The van der Waals surface area contributed by atoms with E-state index in [2.05, 4.69) is 4.74 Å². The van der Waals surface area contributed by atoms with Gasteiger partial charge in [0.05, 0.1) is 6.42 Å². The predicted molar refractivity (Wildman–Crippen MR) is 48.6 cm³/mol. The van der Waals surface area contributed by atoms with Gasteiger partial charge in [0.15, 0.2) is 6.10 Å². The van der Waals surface area contributed by atoms with Gasteiger partial charge < -0.3 is 14.9 Å². The molecule has 0 aromatic heterocycles. The summed E-state index contributed by atoms with van der Waals surface area (Å²) in [6.07, 6.45) is 2.05. The number of aliphatic hydroxyl groups is 1. The minimum atomic E-state index is -1.58. The summed E-state index contributed by atoms with van der Waals surface area (Å²) < 4.78 is 4.57. The number of ether oxygens (including phenoxy) is 1. The number of hydrogen-bond acceptors (Lipinski definition) is 4. The van der Waals surface area contributed by atoms with Crippen LogP contribution in [0, 0.1) is 0 Å². The fourth-order valence-corrected chi connectivity index (χ4v) is 0.710. The average Bonchev–Trinajstić information content (AvgIpc) is 2.11. The van der Waals surface area contributed by atoms with Crippen LogP contribution in [0.4, 0.5) is 0 Å². The van der Waals surface area contributed by atoms with Crippen molar-refractivity contribution in [1.82, 2.24) is 0 Å². The number of rotatable bonds is 6. The quantitative estimate of drug-likeness (QED) is 0.479. The number of aliphatic carboxylic acids is 1. The number of carbonyl (C=O) groups excluding carboxylic acids is 1. The summed E-state index contributed by atoms with van der Waals surface area (Å²) in [5.41, 5.74) is 0. The van der Waals surface area contributed by atoms with Gasteiger partial charge in [-0.15, -0.1) is 0 Å². The fourth-order valence-electron chi connectivity index (χ4n) is 0.710. The maximum atomic E-state index is 10.9. The first-order valence-corrected chi connectivity index (χ1v) is 4.29. The monoisotopic (exact) mass is 202 g/mol. The number of carboxylic acids is 1. The van der Waals surface area contributed by atoms with Gasteiger partial charge in [-0.2, -0.15) is 0 Å². The first-order valence-electron chi connectivity index (χ1n) is 4.29. The molecular weight excluding hydrogens is 188 g/mol. The van der Waals surface area contributed by atoms with Crippen molar-refractivity contribution in [2.24, 2.45) is 0 Å². The van der Waals surface area contributed by atoms with Crippen LogP contribution < -0.4 is 0 Å². The zero-order chi connectivity index (χ0) is 11.0. The predicted octanol–water partition coefficient (Wildman–Crippen LogP) is 0.331. The lowest BCUT2D eigenvalue weighted by Gasteiger charge is -2.06. The molecule has 80 valence electrons. The van der Waals surface area contributed by atoms with Gasteiger partial charge in [-0.1, -0.05) is 19.1 Å². The molecule has 0 heterocycles. The molecule has 0 aromatic rings. The lowest BCUT2D eigenvalue weighted by atomic mass is 10.2. The standard InChI is InChI=1S/C9H14O5/c1-2-3-4-5-14-9(13)7(10)6-8(11)12/h3-4,7,10H,2,5-6H2,1H3,(H,11,12). The van der Waals surface area contributed by atoms with Crippen LogP contribution in [-0.2, 0) is 14.3 Å². The highest BCUT2D eigenvalue weighted by atomic mass is 16.5. The van der Waals surface area contributed by atoms with Crippen LogP contribution >= 0.6 is 0 Å². The molecule has 14 heavy (non-hydrogen) atoms. The van der Waals surface area contributed by atoms with Gasteiger partial charge in [-0.3, -0.25) is 4.79 Å². The third-order valence-corrected chi connectivity index (χ3v) is 1.36. The van der Waals surface area contributed by atoms with E-state index in [9.17, 15) is 9.59 Å². The Morgan fingerprint density at radius 3 is 2.57 bits per heavy atom. The maximum absolute atomic E-state index is 10.9. The van der Waals surface area contributed by atoms with Crippen LogP contribution in [0.2, 0.25) is 0 Å². The van der Waals surface area contributed by atoms with Crippen LogP contribution in [0.25, 0.3) is 0 Å². The Morgan fingerprint density at radius 1 is 1.43 bits per heavy atom. The highest BCUT2D eigenvalue weighted by molar-refractivity contribution is 5.80. The van der Waals surface area contributed by atoms with Crippen LogP contribution in [0.15, 0.2) is 12.2 Å². The highest BCUT2D eigenvalue weighted by Crippen LogP contribution is 1.95. The Balaban J connectivity index is 3.73. The molecule has 0 radical (unpaired) electrons. The number of hydrogen-bond donors (Lipinski definition) is 2. The molecule has 0 amide bonds. The molecule has 0 aromatic carbocycles. The van der Waals surface area contributed by atoms with Gasteiger partial charge in [0, 0.05) is 0 Å². The van der Waals surface area contributed by atoms with Gasteiger partial charge in [0.25, 0.3) is 0 Å². The summed E-state index contributed by atoms with van der Waals surface area (Å²) in [7, 11) is 0. The summed E-state index contributed by atoms with van der Waals surface area (Å²) in [5.74, 6) is -2.15. The van der Waals surface area contributed by atoms with Gasteiger partial charge in [0.1, 0.15) is 6.61 Å². The fraction of sp³-hybridized carbons (Fsp3) is 0.556. The Morgan fingerprint density at radius 2 is 2.07 bits per heavy atom. The number of esters is 1. The topological polar surface area (TPSA) is 83.8 Å². The average molecular weight is 202 g/mol. The summed E-state index contributed by atoms with van der Waals surface area (Å²) in [4.78, 5) is 21.0. The molecule has 0 aliphatic carbocycles. The van der Waals surface area contributed by atoms with E-state index < -0.39 is 24.5 Å². The summed E-state index contributed by atoms with van der Waals surface area (Å²) >= 11 is 0. The van der Waals surface area contributed by atoms with E-state index in [1.165, 1.54) is 0 Å². The first kappa shape index (κ1) is 12.6. The van der Waals surface area contributed by atoms with Crippen molar-refractivity contribution >= 4 is 11.9 Å². The lowest BCUT2D eigenvalue weighted by molar-refractivity contribution is -0.157. The van der Waals surface area contributed by atoms with Crippen molar-refractivity contribution in [3.05, 3.63) is 12.2 Å². The molecule has 0 saturated carbocycles. The highest BCUT2D eigenvalue weighted by Gasteiger charge is 2.19. The molecule has 0 rings (SSSR count). The first-order chi connectivity index (χ1) is 6.57. The summed E-state index contributed by atoms with van der Waals surface area (Å²) in [6, 6.07) is 0. The molecule has 1 atom stereocenters. The van der Waals surface area contributed by atoms with Crippen molar-refractivity contribution in [1.29, 1.82) is 0 Å². The van der Waals surface area contributed by atoms with Crippen molar-refractivity contribution in [2.45, 2.75) is 25.9 Å². The molecule has 5 nitrogen and oxygen atoms in total. The van der Waals surface area contributed by atoms with E-state index in [1.807, 2.05) is 6.92 Å². The molecule has 0 spiro atoms. The molecule has 5 heteroatoms. The third kappa shape index (κ3) is 6.19. The SMILES string of the molecule is CCC=CCOC(=O)C(O)CC(=O)O. The molecular formula is C9H14O5. The molecule has 0 aliphatic rings. The van der Waals surface area contributed by atoms with Crippen molar-refractivity contribution in [3.63, 3.8) is 0 Å². The zero-order valence-electron chi connectivity index (χ0n) is 7.97. The smallest absolute Gasteiger partial charge is 0.335 e. The normalized spacial score (nSPS) is 12.7. The minimum absolute atomic E-state index is 0.0589. The van der Waals surface area contributed by atoms with E-state index in [0.29, 0.717) is 0 Å². The molecule has 0 saturated heterocycles. The lowest BCUT2D eigenvalue weighted by Crippen LogP contribution is -2.25. The molecule has 0 fully saturated rings. The number of allylic oxidation sites excluding steroid dienone is 1. The van der Waals surface area contributed by atoms with Crippen LogP contribution in [-0.4, -0.2) is 34.9 Å². The van der Waals surface area contributed by atoms with Crippen LogP contribution in [0.1, 0.15) is 19.8 Å². The van der Waals surface area contributed by atoms with Gasteiger partial charge in [-0.25, -0.2) is 4.79 Å². The van der Waals surface area contributed by atoms with E-state index in [-0.39, 0.29) is 6.61 Å². The van der Waals surface area contributed by atoms with E-state index in [0.717, 1.165) is 6.42 Å². The van der Waals surface area contributed by atoms with Gasteiger partial charge >= 0.3 is 11.9 Å². The Labute approximate surface area is 82.0 Å². The summed E-state index contributed by atoms with van der Waals surface area (Å²) in [5, 5.41) is 17.2. The second-order valence-electron chi connectivity index (χ2n) is 2.62. The third-order valence-electron chi connectivity index (χ3n) is 1.36. The van der Waals surface area contributed by atoms with E-state index >= 15 is 0 Å². The number of carbonyl (C=O) groups is 2. The zero-order valence-corrected chi connectivity index (χ0v) is 7.97. The second-order valence-corrected chi connectivity index (χ2v) is 2.62.